The summed E-state index contributed by atoms with van der Waals surface area (Å²) in [5.41, 5.74) is 5.49. The lowest BCUT2D eigenvalue weighted by molar-refractivity contribution is -0.142. The zero-order valence-electron chi connectivity index (χ0n) is 9.06. The SMILES string of the molecule is NC(CN1CC(O)CC1C(=O)O)CS(=O)(=O)O. The minimum absolute atomic E-state index is 0.00613. The summed E-state index contributed by atoms with van der Waals surface area (Å²) in [5.74, 6) is -1.72. The average molecular weight is 268 g/mol. The summed E-state index contributed by atoms with van der Waals surface area (Å²) in [6, 6.07) is -1.76. The third kappa shape index (κ3) is 4.56. The number of hydrogen-bond acceptors (Lipinski definition) is 6. The van der Waals surface area contributed by atoms with Gasteiger partial charge < -0.3 is 15.9 Å². The minimum atomic E-state index is -4.18. The first-order chi connectivity index (χ1) is 7.69. The Bertz CT molecular complexity index is 383. The molecule has 3 atom stereocenters. The minimum Gasteiger partial charge on any atom is -0.480 e. The molecule has 0 aromatic heterocycles. The van der Waals surface area contributed by atoms with E-state index in [9.17, 15) is 18.3 Å². The number of nitrogens with two attached hydrogens (primary N) is 1. The lowest BCUT2D eigenvalue weighted by Crippen LogP contribution is -2.46. The first-order valence-corrected chi connectivity index (χ1v) is 6.65. The summed E-state index contributed by atoms with van der Waals surface area (Å²) in [5, 5.41) is 18.2. The van der Waals surface area contributed by atoms with Crippen LogP contribution in [-0.2, 0) is 14.9 Å². The predicted molar refractivity (Wildman–Crippen MR) is 58.0 cm³/mol. The Kier molecular flexibility index (Phi) is 4.44. The van der Waals surface area contributed by atoms with E-state index < -0.39 is 40.0 Å². The molecule has 1 fully saturated rings. The Morgan fingerprint density at radius 2 is 2.12 bits per heavy atom. The van der Waals surface area contributed by atoms with Crippen molar-refractivity contribution in [1.82, 2.24) is 4.90 Å². The van der Waals surface area contributed by atoms with Crippen molar-refractivity contribution in [2.75, 3.05) is 18.8 Å². The van der Waals surface area contributed by atoms with Gasteiger partial charge in [-0.05, 0) is 0 Å². The number of β-amino-alcohol motifs (C(OH)–C–C–N with tert-alkyl or cyclic N) is 1. The number of aliphatic carboxylic acids is 1. The van der Waals surface area contributed by atoms with E-state index in [0.29, 0.717) is 0 Å². The Balaban J connectivity index is 2.58. The fourth-order valence-corrected chi connectivity index (χ4v) is 2.61. The molecule has 1 heterocycles. The van der Waals surface area contributed by atoms with Crippen LogP contribution in [0.2, 0.25) is 0 Å². The van der Waals surface area contributed by atoms with Crippen LogP contribution < -0.4 is 5.73 Å². The Hall–Kier alpha value is -0.740. The second-order valence-corrected chi connectivity index (χ2v) is 5.70. The van der Waals surface area contributed by atoms with Crippen LogP contribution in [0.3, 0.4) is 0 Å². The molecule has 100 valence electrons. The van der Waals surface area contributed by atoms with Gasteiger partial charge in [0.2, 0.25) is 0 Å². The molecular formula is C8H16N2O6S. The molecule has 8 nitrogen and oxygen atoms in total. The van der Waals surface area contributed by atoms with Gasteiger partial charge in [0, 0.05) is 25.6 Å². The van der Waals surface area contributed by atoms with E-state index in [0.717, 1.165) is 0 Å². The molecule has 0 aliphatic carbocycles. The monoisotopic (exact) mass is 268 g/mol. The van der Waals surface area contributed by atoms with Gasteiger partial charge in [-0.15, -0.1) is 0 Å². The first kappa shape index (κ1) is 14.3. The highest BCUT2D eigenvalue weighted by Gasteiger charge is 2.36. The number of carbonyl (C=O) groups is 1. The van der Waals surface area contributed by atoms with Crippen LogP contribution >= 0.6 is 0 Å². The maximum absolute atomic E-state index is 10.9. The smallest absolute Gasteiger partial charge is 0.321 e. The molecule has 3 unspecified atom stereocenters. The topological polar surface area (TPSA) is 141 Å². The number of aliphatic hydroxyl groups excluding tert-OH is 1. The van der Waals surface area contributed by atoms with Crippen molar-refractivity contribution in [3.63, 3.8) is 0 Å². The number of rotatable bonds is 5. The van der Waals surface area contributed by atoms with E-state index in [1.807, 2.05) is 0 Å². The number of carboxylic acids is 1. The molecule has 0 aromatic rings. The van der Waals surface area contributed by atoms with E-state index in [4.69, 9.17) is 15.4 Å². The third-order valence-electron chi connectivity index (χ3n) is 2.56. The highest BCUT2D eigenvalue weighted by Crippen LogP contribution is 2.18. The zero-order valence-corrected chi connectivity index (χ0v) is 9.88. The van der Waals surface area contributed by atoms with Crippen molar-refractivity contribution in [2.24, 2.45) is 5.73 Å². The van der Waals surface area contributed by atoms with Crippen LogP contribution in [0.15, 0.2) is 0 Å². The fourth-order valence-electron chi connectivity index (χ4n) is 1.96. The largest absolute Gasteiger partial charge is 0.480 e. The van der Waals surface area contributed by atoms with Gasteiger partial charge in [-0.1, -0.05) is 0 Å². The maximum atomic E-state index is 10.9. The number of carboxylic acid groups (broad SMARTS) is 1. The van der Waals surface area contributed by atoms with Gasteiger partial charge in [0.05, 0.1) is 11.9 Å². The van der Waals surface area contributed by atoms with Crippen LogP contribution in [0.1, 0.15) is 6.42 Å². The van der Waals surface area contributed by atoms with Crippen LogP contribution in [0.25, 0.3) is 0 Å². The predicted octanol–water partition coefficient (Wildman–Crippen LogP) is -2.28. The number of hydrogen-bond donors (Lipinski definition) is 4. The average Bonchev–Trinajstić information content (AvgIpc) is 2.42. The Labute approximate surface area is 98.8 Å². The standard InChI is InChI=1S/C8H16N2O6S/c9-5(4-17(14,15)16)2-10-3-6(11)1-7(10)8(12)13/h5-7,11H,1-4,9H2,(H,12,13)(H,14,15,16). The normalized spacial score (nSPS) is 28.2. The first-order valence-electron chi connectivity index (χ1n) is 5.04. The van der Waals surface area contributed by atoms with Gasteiger partial charge >= 0.3 is 5.97 Å². The zero-order chi connectivity index (χ0) is 13.2. The summed E-state index contributed by atoms with van der Waals surface area (Å²) >= 11 is 0. The van der Waals surface area contributed by atoms with Crippen molar-refractivity contribution in [2.45, 2.75) is 24.6 Å². The molecule has 0 saturated carbocycles. The number of aliphatic hydroxyl groups is 1. The van der Waals surface area contributed by atoms with Crippen LogP contribution in [0.4, 0.5) is 0 Å². The second-order valence-electron chi connectivity index (χ2n) is 4.21. The van der Waals surface area contributed by atoms with Gasteiger partial charge in [0.1, 0.15) is 6.04 Å². The number of nitrogens with zero attached hydrogens (tertiary/aromatic N) is 1. The summed E-state index contributed by atoms with van der Waals surface area (Å²) in [6.45, 7) is 0.129. The highest BCUT2D eigenvalue weighted by molar-refractivity contribution is 7.85. The summed E-state index contributed by atoms with van der Waals surface area (Å²) in [4.78, 5) is 12.3. The third-order valence-corrected chi connectivity index (χ3v) is 3.41. The van der Waals surface area contributed by atoms with Crippen molar-refractivity contribution < 1.29 is 28.0 Å². The van der Waals surface area contributed by atoms with E-state index in [1.165, 1.54) is 4.90 Å². The summed E-state index contributed by atoms with van der Waals surface area (Å²) in [6.07, 6.45) is -0.664. The molecule has 5 N–H and O–H groups in total. The molecule has 0 radical (unpaired) electrons. The molecule has 0 aromatic carbocycles. The van der Waals surface area contributed by atoms with Gasteiger partial charge in [-0.2, -0.15) is 8.42 Å². The lowest BCUT2D eigenvalue weighted by Gasteiger charge is -2.23. The molecule has 1 aliphatic heterocycles. The molecular weight excluding hydrogens is 252 g/mol. The molecule has 0 bridgehead atoms. The van der Waals surface area contributed by atoms with Crippen LogP contribution in [0.5, 0.6) is 0 Å². The molecule has 0 spiro atoms. The molecule has 1 saturated heterocycles. The molecule has 9 heteroatoms. The van der Waals surface area contributed by atoms with E-state index in [2.05, 4.69) is 0 Å². The maximum Gasteiger partial charge on any atom is 0.321 e. The van der Waals surface area contributed by atoms with Crippen LogP contribution in [0, 0.1) is 0 Å². The molecule has 17 heavy (non-hydrogen) atoms. The fraction of sp³-hybridized carbons (Fsp3) is 0.875. The summed E-state index contributed by atoms with van der Waals surface area (Å²) in [7, 11) is -4.18. The summed E-state index contributed by atoms with van der Waals surface area (Å²) < 4.78 is 29.8. The van der Waals surface area contributed by atoms with E-state index in [1.54, 1.807) is 0 Å². The molecule has 1 aliphatic rings. The van der Waals surface area contributed by atoms with E-state index in [-0.39, 0.29) is 19.5 Å². The van der Waals surface area contributed by atoms with Gasteiger partial charge in [-0.25, -0.2) is 0 Å². The van der Waals surface area contributed by atoms with Gasteiger partial charge in [0.25, 0.3) is 10.1 Å². The molecule has 1 rings (SSSR count). The van der Waals surface area contributed by atoms with Gasteiger partial charge in [-0.3, -0.25) is 14.2 Å². The Morgan fingerprint density at radius 3 is 2.59 bits per heavy atom. The van der Waals surface area contributed by atoms with Crippen molar-refractivity contribution in [3.05, 3.63) is 0 Å². The lowest BCUT2D eigenvalue weighted by atomic mass is 10.2. The highest BCUT2D eigenvalue weighted by atomic mass is 32.2. The van der Waals surface area contributed by atoms with E-state index >= 15 is 0 Å². The Morgan fingerprint density at radius 1 is 1.53 bits per heavy atom. The number of likely N-dealkylation sites (tertiary alicyclic amines) is 1. The second kappa shape index (κ2) is 5.27. The van der Waals surface area contributed by atoms with Crippen molar-refractivity contribution in [3.8, 4) is 0 Å². The van der Waals surface area contributed by atoms with Crippen molar-refractivity contribution in [1.29, 1.82) is 0 Å². The quantitative estimate of drug-likeness (QED) is 0.409. The molecule has 0 amide bonds. The van der Waals surface area contributed by atoms with Gasteiger partial charge in [0.15, 0.2) is 0 Å². The van der Waals surface area contributed by atoms with Crippen molar-refractivity contribution >= 4 is 16.1 Å². The van der Waals surface area contributed by atoms with Crippen LogP contribution in [-0.4, -0.2) is 71.1 Å².